The molecule has 20 heavy (non-hydrogen) atoms. The van der Waals surface area contributed by atoms with Crippen LogP contribution in [0, 0.1) is 12.8 Å². The van der Waals surface area contributed by atoms with Crippen LogP contribution in [0.1, 0.15) is 30.6 Å². The predicted octanol–water partition coefficient (Wildman–Crippen LogP) is 3.30. The first-order valence-electron chi connectivity index (χ1n) is 7.67. The van der Waals surface area contributed by atoms with E-state index in [1.807, 2.05) is 6.07 Å². The Bertz CT molecular complexity index is 567. The summed E-state index contributed by atoms with van der Waals surface area (Å²) in [6, 6.07) is 8.35. The highest BCUT2D eigenvalue weighted by molar-refractivity contribution is 5.82. The molecule has 0 aliphatic carbocycles. The van der Waals surface area contributed by atoms with Gasteiger partial charge in [0.1, 0.15) is 11.3 Å². The number of nitrogens with two attached hydrogens (primary N) is 1. The highest BCUT2D eigenvalue weighted by Gasteiger charge is 2.20. The lowest BCUT2D eigenvalue weighted by molar-refractivity contribution is 0.173. The van der Waals surface area contributed by atoms with E-state index >= 15 is 0 Å². The number of hydrogen-bond acceptors (Lipinski definition) is 3. The zero-order chi connectivity index (χ0) is 13.9. The Balaban J connectivity index is 1.70. The average molecular weight is 272 g/mol. The second-order valence-electron chi connectivity index (χ2n) is 5.93. The van der Waals surface area contributed by atoms with Crippen molar-refractivity contribution >= 4 is 11.0 Å². The predicted molar refractivity (Wildman–Crippen MR) is 82.6 cm³/mol. The van der Waals surface area contributed by atoms with Gasteiger partial charge in [0, 0.05) is 17.5 Å². The summed E-state index contributed by atoms with van der Waals surface area (Å²) in [5.41, 5.74) is 8.03. The highest BCUT2D eigenvalue weighted by atomic mass is 16.3. The van der Waals surface area contributed by atoms with Gasteiger partial charge in [0.2, 0.25) is 0 Å². The van der Waals surface area contributed by atoms with Gasteiger partial charge >= 0.3 is 0 Å². The fourth-order valence-corrected chi connectivity index (χ4v) is 3.31. The first-order valence-corrected chi connectivity index (χ1v) is 7.67. The van der Waals surface area contributed by atoms with Gasteiger partial charge in [0.15, 0.2) is 0 Å². The Morgan fingerprint density at radius 1 is 1.25 bits per heavy atom. The SMILES string of the molecule is Cc1oc2ccccc2c1CN1CCC(CCN)CC1. The minimum absolute atomic E-state index is 0.830. The van der Waals surface area contributed by atoms with Gasteiger partial charge < -0.3 is 10.2 Å². The van der Waals surface area contributed by atoms with Crippen molar-refractivity contribution in [2.75, 3.05) is 19.6 Å². The number of nitrogens with zero attached hydrogens (tertiary/aromatic N) is 1. The lowest BCUT2D eigenvalue weighted by atomic mass is 9.93. The minimum Gasteiger partial charge on any atom is -0.461 e. The van der Waals surface area contributed by atoms with Crippen LogP contribution in [-0.4, -0.2) is 24.5 Å². The number of fused-ring (bicyclic) bond motifs is 1. The summed E-state index contributed by atoms with van der Waals surface area (Å²) in [7, 11) is 0. The normalized spacial score (nSPS) is 17.9. The number of likely N-dealkylation sites (tertiary alicyclic amines) is 1. The Labute approximate surface area is 120 Å². The summed E-state index contributed by atoms with van der Waals surface area (Å²) in [5.74, 6) is 1.90. The molecule has 0 amide bonds. The van der Waals surface area contributed by atoms with Crippen LogP contribution in [0.4, 0.5) is 0 Å². The van der Waals surface area contributed by atoms with Gasteiger partial charge in [0.05, 0.1) is 0 Å². The Kier molecular flexibility index (Phi) is 4.08. The van der Waals surface area contributed by atoms with Crippen LogP contribution in [-0.2, 0) is 6.54 Å². The largest absolute Gasteiger partial charge is 0.461 e. The molecular weight excluding hydrogens is 248 g/mol. The number of furan rings is 1. The smallest absolute Gasteiger partial charge is 0.134 e. The quantitative estimate of drug-likeness (QED) is 0.928. The van der Waals surface area contributed by atoms with E-state index < -0.39 is 0 Å². The van der Waals surface area contributed by atoms with E-state index in [0.717, 1.165) is 30.4 Å². The van der Waals surface area contributed by atoms with Crippen LogP contribution >= 0.6 is 0 Å². The van der Waals surface area contributed by atoms with Gasteiger partial charge in [0.25, 0.3) is 0 Å². The molecule has 2 heterocycles. The molecule has 0 bridgehead atoms. The molecule has 2 N–H and O–H groups in total. The molecule has 0 atom stereocenters. The maximum absolute atomic E-state index is 5.86. The molecule has 1 fully saturated rings. The molecular formula is C17H24N2O. The van der Waals surface area contributed by atoms with E-state index in [1.165, 1.54) is 43.3 Å². The second kappa shape index (κ2) is 5.98. The monoisotopic (exact) mass is 272 g/mol. The Morgan fingerprint density at radius 2 is 2.00 bits per heavy atom. The molecule has 3 heteroatoms. The van der Waals surface area contributed by atoms with Gasteiger partial charge in [-0.25, -0.2) is 0 Å². The van der Waals surface area contributed by atoms with Crippen LogP contribution in [0.15, 0.2) is 28.7 Å². The van der Waals surface area contributed by atoms with Crippen molar-refractivity contribution in [1.82, 2.24) is 4.90 Å². The standard InChI is InChI=1S/C17H24N2O/c1-13-16(15-4-2-3-5-17(15)20-13)12-19-10-7-14(6-9-18)8-11-19/h2-5,14H,6-12,18H2,1H3. The Hall–Kier alpha value is -1.32. The van der Waals surface area contributed by atoms with Crippen LogP contribution in [0.3, 0.4) is 0 Å². The molecule has 2 aromatic rings. The highest BCUT2D eigenvalue weighted by Crippen LogP contribution is 2.28. The third-order valence-electron chi connectivity index (χ3n) is 4.56. The molecule has 1 aliphatic heterocycles. The van der Waals surface area contributed by atoms with E-state index in [0.29, 0.717) is 0 Å². The van der Waals surface area contributed by atoms with E-state index in [-0.39, 0.29) is 0 Å². The molecule has 1 aliphatic rings. The van der Waals surface area contributed by atoms with Gasteiger partial charge in [-0.15, -0.1) is 0 Å². The summed E-state index contributed by atoms with van der Waals surface area (Å²) in [5, 5.41) is 1.27. The van der Waals surface area contributed by atoms with Crippen LogP contribution in [0.25, 0.3) is 11.0 Å². The van der Waals surface area contributed by atoms with Crippen LogP contribution < -0.4 is 5.73 Å². The summed E-state index contributed by atoms with van der Waals surface area (Å²) in [4.78, 5) is 2.55. The Morgan fingerprint density at radius 3 is 2.75 bits per heavy atom. The summed E-state index contributed by atoms with van der Waals surface area (Å²) >= 11 is 0. The average Bonchev–Trinajstić information content (AvgIpc) is 2.78. The number of benzene rings is 1. The molecule has 0 unspecified atom stereocenters. The summed E-state index contributed by atoms with van der Waals surface area (Å²) in [6.07, 6.45) is 3.75. The fraction of sp³-hybridized carbons (Fsp3) is 0.529. The van der Waals surface area contributed by atoms with Crippen molar-refractivity contribution in [1.29, 1.82) is 0 Å². The first kappa shape index (κ1) is 13.7. The van der Waals surface area contributed by atoms with Gasteiger partial charge in [-0.1, -0.05) is 18.2 Å². The molecule has 0 saturated carbocycles. The lowest BCUT2D eigenvalue weighted by Crippen LogP contribution is -2.33. The van der Waals surface area contributed by atoms with Crippen molar-refractivity contribution < 1.29 is 4.42 Å². The maximum atomic E-state index is 5.86. The van der Waals surface area contributed by atoms with Gasteiger partial charge in [-0.05, 0) is 57.8 Å². The molecule has 3 rings (SSSR count). The lowest BCUT2D eigenvalue weighted by Gasteiger charge is -2.31. The molecule has 1 aromatic carbocycles. The molecule has 0 radical (unpaired) electrons. The molecule has 3 nitrogen and oxygen atoms in total. The number of piperidine rings is 1. The number of rotatable bonds is 4. The molecule has 0 spiro atoms. The number of hydrogen-bond donors (Lipinski definition) is 1. The summed E-state index contributed by atoms with van der Waals surface area (Å²) < 4.78 is 5.86. The van der Waals surface area contributed by atoms with Crippen molar-refractivity contribution in [3.63, 3.8) is 0 Å². The second-order valence-corrected chi connectivity index (χ2v) is 5.93. The van der Waals surface area contributed by atoms with E-state index in [9.17, 15) is 0 Å². The van der Waals surface area contributed by atoms with Gasteiger partial charge in [-0.2, -0.15) is 0 Å². The number of aryl methyl sites for hydroxylation is 1. The van der Waals surface area contributed by atoms with Crippen molar-refractivity contribution in [3.8, 4) is 0 Å². The molecule has 108 valence electrons. The van der Waals surface area contributed by atoms with Crippen LogP contribution in [0.2, 0.25) is 0 Å². The zero-order valence-electron chi connectivity index (χ0n) is 12.3. The van der Waals surface area contributed by atoms with Crippen molar-refractivity contribution in [2.24, 2.45) is 11.7 Å². The third kappa shape index (κ3) is 2.74. The first-order chi connectivity index (χ1) is 9.78. The zero-order valence-corrected chi connectivity index (χ0v) is 12.3. The van der Waals surface area contributed by atoms with Crippen molar-refractivity contribution in [3.05, 3.63) is 35.6 Å². The van der Waals surface area contributed by atoms with Crippen molar-refractivity contribution in [2.45, 2.75) is 32.7 Å². The van der Waals surface area contributed by atoms with Crippen LogP contribution in [0.5, 0.6) is 0 Å². The maximum Gasteiger partial charge on any atom is 0.134 e. The topological polar surface area (TPSA) is 42.4 Å². The number of para-hydroxylation sites is 1. The molecule has 1 saturated heterocycles. The minimum atomic E-state index is 0.830. The van der Waals surface area contributed by atoms with E-state index in [2.05, 4.69) is 30.0 Å². The fourth-order valence-electron chi connectivity index (χ4n) is 3.31. The van der Waals surface area contributed by atoms with Gasteiger partial charge in [-0.3, -0.25) is 4.90 Å². The molecule has 1 aromatic heterocycles. The van der Waals surface area contributed by atoms with E-state index in [4.69, 9.17) is 10.2 Å². The third-order valence-corrected chi connectivity index (χ3v) is 4.56. The summed E-state index contributed by atoms with van der Waals surface area (Å²) in [6.45, 7) is 6.29. The van der Waals surface area contributed by atoms with E-state index in [1.54, 1.807) is 0 Å².